The van der Waals surface area contributed by atoms with Crippen LogP contribution in [0.1, 0.15) is 26.7 Å². The van der Waals surface area contributed by atoms with Crippen molar-refractivity contribution < 1.29 is 0 Å². The van der Waals surface area contributed by atoms with Crippen LogP contribution < -0.4 is 10.2 Å². The van der Waals surface area contributed by atoms with Crippen molar-refractivity contribution in [3.05, 3.63) is 24.3 Å². The van der Waals surface area contributed by atoms with Crippen molar-refractivity contribution in [3.8, 4) is 0 Å². The Bertz CT molecular complexity index is 327. The lowest BCUT2D eigenvalue weighted by molar-refractivity contribution is 0.689. The molecule has 0 saturated carbocycles. The fraction of sp³-hybridized carbons (Fsp3) is 0.571. The molecule has 0 radical (unpaired) electrons. The normalized spacial score (nSPS) is 15.8. The first kappa shape index (κ1) is 11.3. The average Bonchev–Trinajstić information content (AvgIpc) is 2.80. The molecule has 1 N–H and O–H groups in total. The lowest BCUT2D eigenvalue weighted by atomic mass is 10.2. The summed E-state index contributed by atoms with van der Waals surface area (Å²) in [5.41, 5.74) is 2.62. The Hall–Kier alpha value is -1.18. The molecule has 2 heteroatoms. The lowest BCUT2D eigenvalue weighted by Gasteiger charge is -2.19. The predicted octanol–water partition coefficient (Wildman–Crippen LogP) is 3.35. The minimum absolute atomic E-state index is 0.690. The molecule has 2 rings (SSSR count). The molecule has 1 aromatic carbocycles. The number of hydrogen-bond donors (Lipinski definition) is 1. The summed E-state index contributed by atoms with van der Waals surface area (Å²) in [5.74, 6) is 0.690. The highest BCUT2D eigenvalue weighted by Crippen LogP contribution is 2.23. The molecule has 0 aromatic heterocycles. The van der Waals surface area contributed by atoms with Gasteiger partial charge in [0.25, 0.3) is 0 Å². The van der Waals surface area contributed by atoms with Crippen LogP contribution in [0.4, 0.5) is 11.4 Å². The molecule has 2 nitrogen and oxygen atoms in total. The number of nitrogens with one attached hydrogen (secondary N) is 1. The molecular formula is C14H22N2. The van der Waals surface area contributed by atoms with Crippen LogP contribution in [-0.4, -0.2) is 19.6 Å². The highest BCUT2D eigenvalue weighted by Gasteiger charge is 2.12. The first-order valence-corrected chi connectivity index (χ1v) is 6.34. The fourth-order valence-corrected chi connectivity index (χ4v) is 2.11. The van der Waals surface area contributed by atoms with Gasteiger partial charge in [0, 0.05) is 31.0 Å². The molecule has 1 saturated heterocycles. The second kappa shape index (κ2) is 5.24. The molecule has 16 heavy (non-hydrogen) atoms. The number of benzene rings is 1. The van der Waals surface area contributed by atoms with Gasteiger partial charge >= 0.3 is 0 Å². The molecule has 0 unspecified atom stereocenters. The van der Waals surface area contributed by atoms with Crippen molar-refractivity contribution in [2.24, 2.45) is 5.92 Å². The van der Waals surface area contributed by atoms with Gasteiger partial charge in [-0.25, -0.2) is 0 Å². The van der Waals surface area contributed by atoms with E-state index in [0.29, 0.717) is 5.92 Å². The summed E-state index contributed by atoms with van der Waals surface area (Å²) in [7, 11) is 0. The Kier molecular flexibility index (Phi) is 3.70. The SMILES string of the molecule is CC(C)CNc1cccc(N2CCCC2)c1. The van der Waals surface area contributed by atoms with Crippen LogP contribution in [0.3, 0.4) is 0 Å². The maximum atomic E-state index is 3.48. The van der Waals surface area contributed by atoms with Gasteiger partial charge in [-0.3, -0.25) is 0 Å². The van der Waals surface area contributed by atoms with Crippen LogP contribution >= 0.6 is 0 Å². The number of hydrogen-bond acceptors (Lipinski definition) is 2. The third-order valence-corrected chi connectivity index (χ3v) is 3.03. The lowest BCUT2D eigenvalue weighted by Crippen LogP contribution is -2.17. The summed E-state index contributed by atoms with van der Waals surface area (Å²) in [6.07, 6.45) is 2.67. The second-order valence-corrected chi connectivity index (χ2v) is 5.02. The fourth-order valence-electron chi connectivity index (χ4n) is 2.11. The van der Waals surface area contributed by atoms with Gasteiger partial charge in [0.2, 0.25) is 0 Å². The monoisotopic (exact) mass is 218 g/mol. The van der Waals surface area contributed by atoms with Crippen molar-refractivity contribution in [3.63, 3.8) is 0 Å². The van der Waals surface area contributed by atoms with Crippen molar-refractivity contribution in [1.29, 1.82) is 0 Å². The Morgan fingerprint density at radius 3 is 2.69 bits per heavy atom. The maximum Gasteiger partial charge on any atom is 0.0386 e. The van der Waals surface area contributed by atoms with Crippen LogP contribution in [0.15, 0.2) is 24.3 Å². The minimum atomic E-state index is 0.690. The van der Waals surface area contributed by atoms with E-state index in [0.717, 1.165) is 6.54 Å². The predicted molar refractivity (Wildman–Crippen MR) is 71.2 cm³/mol. The Morgan fingerprint density at radius 1 is 1.25 bits per heavy atom. The van der Waals surface area contributed by atoms with E-state index in [-0.39, 0.29) is 0 Å². The zero-order valence-electron chi connectivity index (χ0n) is 10.4. The molecule has 1 aliphatic rings. The van der Waals surface area contributed by atoms with E-state index in [9.17, 15) is 0 Å². The molecule has 1 fully saturated rings. The second-order valence-electron chi connectivity index (χ2n) is 5.02. The van der Waals surface area contributed by atoms with E-state index in [4.69, 9.17) is 0 Å². The number of nitrogens with zero attached hydrogens (tertiary/aromatic N) is 1. The van der Waals surface area contributed by atoms with Crippen LogP contribution in [0, 0.1) is 5.92 Å². The van der Waals surface area contributed by atoms with Crippen LogP contribution in [-0.2, 0) is 0 Å². The summed E-state index contributed by atoms with van der Waals surface area (Å²) >= 11 is 0. The molecule has 0 amide bonds. The van der Waals surface area contributed by atoms with Crippen molar-refractivity contribution in [1.82, 2.24) is 0 Å². The molecule has 1 aliphatic heterocycles. The maximum absolute atomic E-state index is 3.48. The summed E-state index contributed by atoms with van der Waals surface area (Å²) < 4.78 is 0. The topological polar surface area (TPSA) is 15.3 Å². The average molecular weight is 218 g/mol. The minimum Gasteiger partial charge on any atom is -0.385 e. The van der Waals surface area contributed by atoms with Gasteiger partial charge < -0.3 is 10.2 Å². The first-order chi connectivity index (χ1) is 7.75. The van der Waals surface area contributed by atoms with E-state index in [1.807, 2.05) is 0 Å². The third kappa shape index (κ3) is 2.91. The van der Waals surface area contributed by atoms with E-state index in [1.54, 1.807) is 0 Å². The van der Waals surface area contributed by atoms with E-state index >= 15 is 0 Å². The Labute approximate surface area is 98.7 Å². The molecule has 0 atom stereocenters. The zero-order valence-corrected chi connectivity index (χ0v) is 10.4. The van der Waals surface area contributed by atoms with Crippen molar-refractivity contribution in [2.45, 2.75) is 26.7 Å². The quantitative estimate of drug-likeness (QED) is 0.833. The molecule has 0 aliphatic carbocycles. The van der Waals surface area contributed by atoms with Gasteiger partial charge in [0.05, 0.1) is 0 Å². The summed E-state index contributed by atoms with van der Waals surface area (Å²) in [4.78, 5) is 2.47. The standard InChI is InChI=1S/C14H22N2/c1-12(2)11-15-13-6-5-7-14(10-13)16-8-3-4-9-16/h5-7,10,12,15H,3-4,8-9,11H2,1-2H3. The smallest absolute Gasteiger partial charge is 0.0386 e. The van der Waals surface area contributed by atoms with Gasteiger partial charge in [0.15, 0.2) is 0 Å². The van der Waals surface area contributed by atoms with Crippen LogP contribution in [0.5, 0.6) is 0 Å². The molecule has 1 heterocycles. The van der Waals surface area contributed by atoms with Crippen molar-refractivity contribution >= 4 is 11.4 Å². The van der Waals surface area contributed by atoms with Crippen LogP contribution in [0.25, 0.3) is 0 Å². The summed E-state index contributed by atoms with van der Waals surface area (Å²) in [6, 6.07) is 8.79. The largest absolute Gasteiger partial charge is 0.385 e. The number of anilines is 2. The van der Waals surface area contributed by atoms with E-state index in [2.05, 4.69) is 48.3 Å². The molecule has 88 valence electrons. The van der Waals surface area contributed by atoms with Gasteiger partial charge in [-0.2, -0.15) is 0 Å². The van der Waals surface area contributed by atoms with Gasteiger partial charge in [-0.05, 0) is 37.0 Å². The van der Waals surface area contributed by atoms with Crippen molar-refractivity contribution in [2.75, 3.05) is 29.9 Å². The van der Waals surface area contributed by atoms with Crippen LogP contribution in [0.2, 0.25) is 0 Å². The Balaban J connectivity index is 2.01. The molecule has 1 aromatic rings. The van der Waals surface area contributed by atoms with Gasteiger partial charge in [0.1, 0.15) is 0 Å². The summed E-state index contributed by atoms with van der Waals surface area (Å²) in [5, 5.41) is 3.48. The first-order valence-electron chi connectivity index (χ1n) is 6.34. The third-order valence-electron chi connectivity index (χ3n) is 3.03. The molecular weight excluding hydrogens is 196 g/mol. The van der Waals surface area contributed by atoms with E-state index in [1.165, 1.54) is 37.3 Å². The highest BCUT2D eigenvalue weighted by atomic mass is 15.1. The Morgan fingerprint density at radius 2 is 2.00 bits per heavy atom. The summed E-state index contributed by atoms with van der Waals surface area (Å²) in [6.45, 7) is 7.94. The number of rotatable bonds is 4. The van der Waals surface area contributed by atoms with E-state index < -0.39 is 0 Å². The molecule has 0 bridgehead atoms. The highest BCUT2D eigenvalue weighted by molar-refractivity contribution is 5.58. The molecule has 0 spiro atoms. The van der Waals surface area contributed by atoms with Gasteiger partial charge in [-0.1, -0.05) is 19.9 Å². The zero-order chi connectivity index (χ0) is 11.4. The van der Waals surface area contributed by atoms with Gasteiger partial charge in [-0.15, -0.1) is 0 Å².